The number of aryl methyl sites for hydroxylation is 1. The molecule has 0 aliphatic carbocycles. The van der Waals surface area contributed by atoms with Crippen molar-refractivity contribution in [2.24, 2.45) is 0 Å². The maximum absolute atomic E-state index is 9.28. The lowest BCUT2D eigenvalue weighted by Gasteiger charge is -2.35. The molecule has 1 saturated heterocycles. The summed E-state index contributed by atoms with van der Waals surface area (Å²) in [5.74, 6) is 0. The fourth-order valence-electron chi connectivity index (χ4n) is 2.55. The average Bonchev–Trinajstić information content (AvgIpc) is 2.40. The number of hydrogen-bond donors (Lipinski definition) is 2. The number of hydrogen-bond acceptors (Lipinski definition) is 3. The van der Waals surface area contributed by atoms with Gasteiger partial charge in [-0.2, -0.15) is 0 Å². The van der Waals surface area contributed by atoms with Gasteiger partial charge in [-0.3, -0.25) is 4.90 Å². The van der Waals surface area contributed by atoms with E-state index >= 15 is 0 Å². The van der Waals surface area contributed by atoms with E-state index < -0.39 is 0 Å². The van der Waals surface area contributed by atoms with E-state index in [1.807, 2.05) is 13.0 Å². The molecule has 1 aliphatic heterocycles. The van der Waals surface area contributed by atoms with Gasteiger partial charge in [-0.05, 0) is 30.5 Å². The maximum Gasteiger partial charge on any atom is 0.0449 e. The van der Waals surface area contributed by atoms with Crippen LogP contribution in [0.5, 0.6) is 0 Å². The largest absolute Gasteiger partial charge is 0.396 e. The Morgan fingerprint density at radius 1 is 1.37 bits per heavy atom. The Morgan fingerprint density at radius 3 is 2.63 bits per heavy atom. The second-order valence-corrected chi connectivity index (χ2v) is 5.23. The van der Waals surface area contributed by atoms with Gasteiger partial charge in [-0.25, -0.2) is 0 Å². The third-order valence-electron chi connectivity index (χ3n) is 3.56. The first kappa shape index (κ1) is 16.7. The monoisotopic (exact) mass is 304 g/mol. The molecule has 5 heteroatoms. The first-order chi connectivity index (χ1) is 8.72. The zero-order valence-electron chi connectivity index (χ0n) is 11.2. The Morgan fingerprint density at radius 2 is 2.05 bits per heavy atom. The van der Waals surface area contributed by atoms with Gasteiger partial charge in [-0.15, -0.1) is 12.4 Å². The minimum atomic E-state index is 0. The molecule has 1 fully saturated rings. The quantitative estimate of drug-likeness (QED) is 0.896. The molecule has 0 unspecified atom stereocenters. The molecule has 0 bridgehead atoms. The van der Waals surface area contributed by atoms with Crippen LogP contribution in [0.25, 0.3) is 0 Å². The van der Waals surface area contributed by atoms with Crippen molar-refractivity contribution in [3.05, 3.63) is 34.3 Å². The van der Waals surface area contributed by atoms with Gasteiger partial charge in [0.15, 0.2) is 0 Å². The van der Waals surface area contributed by atoms with Crippen molar-refractivity contribution in [2.75, 3.05) is 32.8 Å². The van der Waals surface area contributed by atoms with Crippen molar-refractivity contribution in [3.63, 3.8) is 0 Å². The molecule has 0 spiro atoms. The molecule has 1 aromatic carbocycles. The number of aliphatic hydroxyl groups is 1. The summed E-state index contributed by atoms with van der Waals surface area (Å²) in [6.45, 7) is 6.36. The number of halogens is 2. The summed E-state index contributed by atoms with van der Waals surface area (Å²) < 4.78 is 0. The summed E-state index contributed by atoms with van der Waals surface area (Å²) in [5.41, 5.74) is 2.36. The van der Waals surface area contributed by atoms with Crippen molar-refractivity contribution in [1.29, 1.82) is 0 Å². The van der Waals surface area contributed by atoms with E-state index in [0.717, 1.165) is 43.2 Å². The third-order valence-corrected chi connectivity index (χ3v) is 3.99. The number of nitrogens with zero attached hydrogens (tertiary/aromatic N) is 1. The Hall–Kier alpha value is -0.320. The normalized spacial score (nSPS) is 17.8. The summed E-state index contributed by atoms with van der Waals surface area (Å²) in [4.78, 5) is 2.44. The van der Waals surface area contributed by atoms with Gasteiger partial charge in [0.25, 0.3) is 0 Å². The number of rotatable bonds is 4. The molecule has 1 heterocycles. The first-order valence-corrected chi connectivity index (χ1v) is 6.92. The van der Waals surface area contributed by atoms with E-state index in [0.29, 0.717) is 6.04 Å². The van der Waals surface area contributed by atoms with Crippen LogP contribution in [-0.4, -0.2) is 42.8 Å². The number of aliphatic hydroxyl groups excluding tert-OH is 1. The molecular weight excluding hydrogens is 283 g/mol. The second-order valence-electron chi connectivity index (χ2n) is 4.82. The van der Waals surface area contributed by atoms with Crippen molar-refractivity contribution >= 4 is 24.0 Å². The van der Waals surface area contributed by atoms with E-state index in [4.69, 9.17) is 11.6 Å². The van der Waals surface area contributed by atoms with E-state index in [1.54, 1.807) is 0 Å². The molecule has 3 nitrogen and oxygen atoms in total. The van der Waals surface area contributed by atoms with E-state index in [2.05, 4.69) is 22.3 Å². The van der Waals surface area contributed by atoms with E-state index in [9.17, 15) is 5.11 Å². The smallest absolute Gasteiger partial charge is 0.0449 e. The van der Waals surface area contributed by atoms with Crippen molar-refractivity contribution in [2.45, 2.75) is 19.4 Å². The molecule has 0 amide bonds. The lowest BCUT2D eigenvalue weighted by Crippen LogP contribution is -2.45. The minimum Gasteiger partial charge on any atom is -0.396 e. The molecular formula is C14H22Cl2N2O. The van der Waals surface area contributed by atoms with Crippen LogP contribution >= 0.6 is 24.0 Å². The summed E-state index contributed by atoms with van der Waals surface area (Å²) in [7, 11) is 0. The molecule has 1 aromatic rings. The zero-order valence-corrected chi connectivity index (χ0v) is 12.8. The summed E-state index contributed by atoms with van der Waals surface area (Å²) in [6.07, 6.45) is 0.779. The number of nitrogens with one attached hydrogen (secondary N) is 1. The van der Waals surface area contributed by atoms with Crippen LogP contribution in [0.1, 0.15) is 23.6 Å². The van der Waals surface area contributed by atoms with Crippen LogP contribution in [0, 0.1) is 6.92 Å². The summed E-state index contributed by atoms with van der Waals surface area (Å²) >= 11 is 6.08. The fraction of sp³-hybridized carbons (Fsp3) is 0.571. The predicted molar refractivity (Wildman–Crippen MR) is 82.3 cm³/mol. The number of piperazine rings is 1. The third kappa shape index (κ3) is 4.33. The van der Waals surface area contributed by atoms with E-state index in [-0.39, 0.29) is 19.0 Å². The van der Waals surface area contributed by atoms with Crippen LogP contribution < -0.4 is 5.32 Å². The van der Waals surface area contributed by atoms with Gasteiger partial charge in [0.05, 0.1) is 0 Å². The highest BCUT2D eigenvalue weighted by Gasteiger charge is 2.21. The lowest BCUT2D eigenvalue weighted by molar-refractivity contribution is 0.141. The van der Waals surface area contributed by atoms with Gasteiger partial charge >= 0.3 is 0 Å². The van der Waals surface area contributed by atoms with Crippen LogP contribution in [-0.2, 0) is 0 Å². The van der Waals surface area contributed by atoms with E-state index in [1.165, 1.54) is 5.56 Å². The fourth-order valence-corrected chi connectivity index (χ4v) is 2.67. The molecule has 0 radical (unpaired) electrons. The van der Waals surface area contributed by atoms with Crippen molar-refractivity contribution in [1.82, 2.24) is 10.2 Å². The Bertz CT molecular complexity index is 395. The highest BCUT2D eigenvalue weighted by Crippen LogP contribution is 2.27. The van der Waals surface area contributed by atoms with Crippen LogP contribution in [0.15, 0.2) is 18.2 Å². The second kappa shape index (κ2) is 8.08. The SMILES string of the molecule is Cc1cc([C@H](CCO)N2CCNCC2)ccc1Cl.Cl. The highest BCUT2D eigenvalue weighted by atomic mass is 35.5. The molecule has 19 heavy (non-hydrogen) atoms. The van der Waals surface area contributed by atoms with Gasteiger partial charge in [-0.1, -0.05) is 23.7 Å². The van der Waals surface area contributed by atoms with Gasteiger partial charge in [0.2, 0.25) is 0 Å². The molecule has 2 N–H and O–H groups in total. The molecule has 1 aliphatic rings. The van der Waals surface area contributed by atoms with Gasteiger partial charge < -0.3 is 10.4 Å². The highest BCUT2D eigenvalue weighted by molar-refractivity contribution is 6.31. The summed E-state index contributed by atoms with van der Waals surface area (Å²) in [6, 6.07) is 6.48. The topological polar surface area (TPSA) is 35.5 Å². The van der Waals surface area contributed by atoms with Crippen LogP contribution in [0.2, 0.25) is 5.02 Å². The van der Waals surface area contributed by atoms with Gasteiger partial charge in [0.1, 0.15) is 0 Å². The molecule has 108 valence electrons. The molecule has 0 saturated carbocycles. The Kier molecular flexibility index (Phi) is 7.11. The summed E-state index contributed by atoms with van der Waals surface area (Å²) in [5, 5.41) is 13.4. The molecule has 0 aromatic heterocycles. The minimum absolute atomic E-state index is 0. The standard InChI is InChI=1S/C14H21ClN2O.ClH/c1-11-10-12(2-3-13(11)15)14(4-9-18)17-7-5-16-6-8-17;/h2-3,10,14,16,18H,4-9H2,1H3;1H/t14-;/m0./s1. The van der Waals surface area contributed by atoms with Crippen molar-refractivity contribution < 1.29 is 5.11 Å². The average molecular weight is 305 g/mol. The van der Waals surface area contributed by atoms with Crippen molar-refractivity contribution in [3.8, 4) is 0 Å². The van der Waals surface area contributed by atoms with Gasteiger partial charge in [0, 0.05) is 43.9 Å². The van der Waals surface area contributed by atoms with Crippen LogP contribution in [0.3, 0.4) is 0 Å². The predicted octanol–water partition coefficient (Wildman–Crippen LogP) is 2.40. The Labute approximate surface area is 126 Å². The molecule has 2 rings (SSSR count). The zero-order chi connectivity index (χ0) is 13.0. The molecule has 1 atom stereocenters. The maximum atomic E-state index is 9.28. The first-order valence-electron chi connectivity index (χ1n) is 6.54. The Balaban J connectivity index is 0.00000180. The number of benzene rings is 1. The lowest BCUT2D eigenvalue weighted by atomic mass is 9.99. The van der Waals surface area contributed by atoms with Crippen LogP contribution in [0.4, 0.5) is 0 Å².